The van der Waals surface area contributed by atoms with E-state index in [1.807, 2.05) is 13.0 Å². The van der Waals surface area contributed by atoms with Gasteiger partial charge in [-0.3, -0.25) is 9.78 Å². The lowest BCUT2D eigenvalue weighted by Crippen LogP contribution is -2.34. The van der Waals surface area contributed by atoms with Crippen molar-refractivity contribution in [3.63, 3.8) is 0 Å². The van der Waals surface area contributed by atoms with Crippen LogP contribution in [0.5, 0.6) is 0 Å². The van der Waals surface area contributed by atoms with Crippen LogP contribution in [0, 0.1) is 17.1 Å². The Kier molecular flexibility index (Phi) is 4.40. The van der Waals surface area contributed by atoms with Gasteiger partial charge in [-0.15, -0.1) is 0 Å². The minimum atomic E-state index is -0.687. The molecule has 0 spiro atoms. The molecule has 1 atom stereocenters. The summed E-state index contributed by atoms with van der Waals surface area (Å²) >= 11 is 0. The lowest BCUT2D eigenvalue weighted by Gasteiger charge is -2.10. The van der Waals surface area contributed by atoms with Gasteiger partial charge >= 0.3 is 0 Å². The Morgan fingerprint density at radius 1 is 1.75 bits per heavy atom. The summed E-state index contributed by atoms with van der Waals surface area (Å²) in [6, 6.07) is 2.66. The van der Waals surface area contributed by atoms with Gasteiger partial charge in [-0.25, -0.2) is 4.39 Å². The van der Waals surface area contributed by atoms with E-state index < -0.39 is 17.8 Å². The largest absolute Gasteiger partial charge is 0.336 e. The molecule has 1 amide bonds. The van der Waals surface area contributed by atoms with Crippen molar-refractivity contribution in [3.8, 4) is 6.07 Å². The summed E-state index contributed by atoms with van der Waals surface area (Å²) in [6.45, 7) is 1.91. The summed E-state index contributed by atoms with van der Waals surface area (Å²) in [5, 5.41) is 11.2. The van der Waals surface area contributed by atoms with E-state index in [-0.39, 0.29) is 5.56 Å². The van der Waals surface area contributed by atoms with E-state index in [9.17, 15) is 9.18 Å². The number of aromatic nitrogens is 1. The third kappa shape index (κ3) is 3.02. The highest BCUT2D eigenvalue weighted by Gasteiger charge is 2.15. The fourth-order valence-electron chi connectivity index (χ4n) is 1.25. The molecule has 5 heteroatoms. The number of nitriles is 1. The number of carbonyl (C=O) groups excluding carboxylic acids is 1. The number of hydrogen-bond donors (Lipinski definition) is 1. The maximum atomic E-state index is 13.2. The predicted octanol–water partition coefficient (Wildman–Crippen LogP) is 1.64. The molecule has 4 nitrogen and oxygen atoms in total. The molecule has 0 aliphatic rings. The Labute approximate surface area is 93.1 Å². The van der Waals surface area contributed by atoms with E-state index in [4.69, 9.17) is 5.26 Å². The maximum absolute atomic E-state index is 13.2. The molecular formula is C11H12FN3O. The number of pyridine rings is 1. The first-order valence-corrected chi connectivity index (χ1v) is 4.99. The molecule has 0 saturated heterocycles. The number of nitrogens with one attached hydrogen (secondary N) is 1. The van der Waals surface area contributed by atoms with Gasteiger partial charge in [-0.2, -0.15) is 5.26 Å². The monoisotopic (exact) mass is 221 g/mol. The molecule has 1 unspecified atom stereocenters. The molecule has 1 heterocycles. The Morgan fingerprint density at radius 3 is 3.06 bits per heavy atom. The molecule has 0 saturated carbocycles. The van der Waals surface area contributed by atoms with Crippen molar-refractivity contribution in [2.24, 2.45) is 0 Å². The maximum Gasteiger partial charge on any atom is 0.255 e. The van der Waals surface area contributed by atoms with Crippen LogP contribution >= 0.6 is 0 Å². The van der Waals surface area contributed by atoms with Gasteiger partial charge in [-0.05, 0) is 12.5 Å². The summed E-state index contributed by atoms with van der Waals surface area (Å²) in [5.41, 5.74) is -0.0913. The fraction of sp³-hybridized carbons (Fsp3) is 0.364. The topological polar surface area (TPSA) is 65.8 Å². The summed E-state index contributed by atoms with van der Waals surface area (Å²) in [4.78, 5) is 15.1. The molecule has 1 N–H and O–H groups in total. The second-order valence-electron chi connectivity index (χ2n) is 3.30. The zero-order chi connectivity index (χ0) is 12.0. The van der Waals surface area contributed by atoms with Crippen LogP contribution in [-0.2, 0) is 0 Å². The van der Waals surface area contributed by atoms with Crippen molar-refractivity contribution in [2.75, 3.05) is 0 Å². The van der Waals surface area contributed by atoms with Crippen molar-refractivity contribution < 1.29 is 9.18 Å². The number of carbonyl (C=O) groups is 1. The van der Waals surface area contributed by atoms with E-state index in [1.54, 1.807) is 0 Å². The average molecular weight is 221 g/mol. The molecule has 0 bridgehead atoms. The van der Waals surface area contributed by atoms with E-state index in [2.05, 4.69) is 10.3 Å². The van der Waals surface area contributed by atoms with Gasteiger partial charge in [0.25, 0.3) is 5.91 Å². The van der Waals surface area contributed by atoms with Gasteiger partial charge in [0, 0.05) is 6.20 Å². The number of rotatable bonds is 4. The van der Waals surface area contributed by atoms with Gasteiger partial charge in [0.2, 0.25) is 0 Å². The fourth-order valence-corrected chi connectivity index (χ4v) is 1.25. The van der Waals surface area contributed by atoms with Crippen LogP contribution in [-0.4, -0.2) is 16.9 Å². The van der Waals surface area contributed by atoms with Crippen LogP contribution in [0.4, 0.5) is 4.39 Å². The normalized spacial score (nSPS) is 11.6. The first-order valence-electron chi connectivity index (χ1n) is 4.99. The van der Waals surface area contributed by atoms with Gasteiger partial charge < -0.3 is 5.32 Å². The third-order valence-electron chi connectivity index (χ3n) is 2.06. The van der Waals surface area contributed by atoms with E-state index >= 15 is 0 Å². The van der Waals surface area contributed by atoms with Gasteiger partial charge in [0.15, 0.2) is 5.82 Å². The Morgan fingerprint density at radius 2 is 2.50 bits per heavy atom. The molecule has 0 aliphatic heterocycles. The number of amides is 1. The summed E-state index contributed by atoms with van der Waals surface area (Å²) in [6.07, 6.45) is 3.63. The molecular weight excluding hydrogens is 209 g/mol. The van der Waals surface area contributed by atoms with E-state index in [0.29, 0.717) is 6.42 Å². The van der Waals surface area contributed by atoms with Crippen LogP contribution in [0.2, 0.25) is 0 Å². The molecule has 1 rings (SSSR count). The first kappa shape index (κ1) is 12.1. The zero-order valence-electron chi connectivity index (χ0n) is 8.90. The quantitative estimate of drug-likeness (QED) is 0.840. The van der Waals surface area contributed by atoms with Crippen molar-refractivity contribution in [3.05, 3.63) is 29.8 Å². The lowest BCUT2D eigenvalue weighted by molar-refractivity contribution is 0.0939. The highest BCUT2D eigenvalue weighted by molar-refractivity contribution is 5.94. The lowest BCUT2D eigenvalue weighted by atomic mass is 10.1. The Bertz CT molecular complexity index is 414. The standard InChI is InChI=1S/C11H12FN3O/c1-2-3-8(6-13)15-11(16)9-4-5-14-7-10(9)12/h4-5,7-8H,2-3H2,1H3,(H,15,16). The number of halogens is 1. The molecule has 0 fully saturated rings. The Balaban J connectivity index is 2.73. The third-order valence-corrected chi connectivity index (χ3v) is 2.06. The van der Waals surface area contributed by atoms with E-state index in [1.165, 1.54) is 12.3 Å². The minimum absolute atomic E-state index is 0.0913. The van der Waals surface area contributed by atoms with Crippen LogP contribution in [0.1, 0.15) is 30.1 Å². The average Bonchev–Trinajstić information content (AvgIpc) is 2.28. The summed E-state index contributed by atoms with van der Waals surface area (Å²) in [5.74, 6) is -1.27. The molecule has 1 aromatic rings. The smallest absolute Gasteiger partial charge is 0.255 e. The molecule has 0 aliphatic carbocycles. The second-order valence-corrected chi connectivity index (χ2v) is 3.30. The molecule has 16 heavy (non-hydrogen) atoms. The first-order chi connectivity index (χ1) is 7.69. The van der Waals surface area contributed by atoms with Crippen molar-refractivity contribution in [1.82, 2.24) is 10.3 Å². The minimum Gasteiger partial charge on any atom is -0.336 e. The van der Waals surface area contributed by atoms with Gasteiger partial charge in [0.05, 0.1) is 17.8 Å². The van der Waals surface area contributed by atoms with Crippen molar-refractivity contribution >= 4 is 5.91 Å². The van der Waals surface area contributed by atoms with Crippen LogP contribution in [0.25, 0.3) is 0 Å². The van der Waals surface area contributed by atoms with Crippen molar-refractivity contribution in [1.29, 1.82) is 5.26 Å². The highest BCUT2D eigenvalue weighted by Crippen LogP contribution is 2.05. The van der Waals surface area contributed by atoms with Crippen LogP contribution < -0.4 is 5.32 Å². The van der Waals surface area contributed by atoms with Gasteiger partial charge in [-0.1, -0.05) is 13.3 Å². The molecule has 0 radical (unpaired) electrons. The van der Waals surface area contributed by atoms with Crippen molar-refractivity contribution in [2.45, 2.75) is 25.8 Å². The Hall–Kier alpha value is -1.96. The zero-order valence-corrected chi connectivity index (χ0v) is 8.90. The molecule has 84 valence electrons. The van der Waals surface area contributed by atoms with Crippen LogP contribution in [0.3, 0.4) is 0 Å². The van der Waals surface area contributed by atoms with Gasteiger partial charge in [0.1, 0.15) is 6.04 Å². The summed E-state index contributed by atoms with van der Waals surface area (Å²) < 4.78 is 13.2. The molecule has 1 aromatic heterocycles. The second kappa shape index (κ2) is 5.81. The number of nitrogens with zero attached hydrogens (tertiary/aromatic N) is 2. The highest BCUT2D eigenvalue weighted by atomic mass is 19.1. The number of hydrogen-bond acceptors (Lipinski definition) is 3. The SMILES string of the molecule is CCCC(C#N)NC(=O)c1ccncc1F. The van der Waals surface area contributed by atoms with E-state index in [0.717, 1.165) is 12.6 Å². The van der Waals surface area contributed by atoms with Crippen LogP contribution in [0.15, 0.2) is 18.5 Å². The predicted molar refractivity (Wildman–Crippen MR) is 56.0 cm³/mol. The molecule has 0 aromatic carbocycles. The summed E-state index contributed by atoms with van der Waals surface area (Å²) in [7, 11) is 0.